The molecule has 0 aliphatic carbocycles. The molecule has 0 aliphatic rings. The van der Waals surface area contributed by atoms with Gasteiger partial charge >= 0.3 is 0 Å². The Kier molecular flexibility index (Phi) is 5.45. The predicted molar refractivity (Wildman–Crippen MR) is 130 cm³/mol. The lowest BCUT2D eigenvalue weighted by atomic mass is 10.2. The molecule has 0 aliphatic heterocycles. The topological polar surface area (TPSA) is 110 Å². The quantitative estimate of drug-likeness (QED) is 0.356. The maximum atomic E-state index is 12.7. The predicted octanol–water partition coefficient (Wildman–Crippen LogP) is 5.00. The summed E-state index contributed by atoms with van der Waals surface area (Å²) >= 11 is 1.59. The number of sulfonamides is 1. The molecule has 5 rings (SSSR count). The summed E-state index contributed by atoms with van der Waals surface area (Å²) in [5.74, 6) is 0.688. The Morgan fingerprint density at radius 1 is 0.909 bits per heavy atom. The molecule has 2 N–H and O–H groups in total. The van der Waals surface area contributed by atoms with Crippen molar-refractivity contribution < 1.29 is 8.42 Å². The number of anilines is 3. The fourth-order valence-electron chi connectivity index (χ4n) is 3.23. The average molecular weight is 475 g/mol. The van der Waals surface area contributed by atoms with E-state index in [9.17, 15) is 8.42 Å². The van der Waals surface area contributed by atoms with Crippen molar-refractivity contribution in [3.8, 4) is 10.4 Å². The molecule has 164 valence electrons. The van der Waals surface area contributed by atoms with Gasteiger partial charge in [-0.25, -0.2) is 33.1 Å². The van der Waals surface area contributed by atoms with Crippen LogP contribution in [0.3, 0.4) is 0 Å². The lowest BCUT2D eigenvalue weighted by molar-refractivity contribution is 0.601. The summed E-state index contributed by atoms with van der Waals surface area (Å²) in [6.07, 6.45) is 3.02. The van der Waals surface area contributed by atoms with Crippen LogP contribution in [0.1, 0.15) is 5.69 Å². The van der Waals surface area contributed by atoms with Gasteiger partial charge in [-0.05, 0) is 48.9 Å². The van der Waals surface area contributed by atoms with Crippen LogP contribution in [0.5, 0.6) is 0 Å². The molecule has 0 radical (unpaired) electrons. The van der Waals surface area contributed by atoms with Crippen molar-refractivity contribution in [2.24, 2.45) is 0 Å². The zero-order valence-corrected chi connectivity index (χ0v) is 19.1. The molecule has 0 bridgehead atoms. The van der Waals surface area contributed by atoms with Crippen molar-refractivity contribution in [3.63, 3.8) is 0 Å². The first-order valence-electron chi connectivity index (χ1n) is 9.97. The van der Waals surface area contributed by atoms with Crippen molar-refractivity contribution >= 4 is 49.0 Å². The Bertz CT molecular complexity index is 1530. The van der Waals surface area contributed by atoms with Gasteiger partial charge in [-0.2, -0.15) is 0 Å². The van der Waals surface area contributed by atoms with E-state index < -0.39 is 10.0 Å². The molecular formula is C23H18N6O2S2. The monoisotopic (exact) mass is 474 g/mol. The summed E-state index contributed by atoms with van der Waals surface area (Å²) in [6.45, 7) is 1.76. The number of aromatic nitrogens is 4. The normalized spacial score (nSPS) is 11.4. The van der Waals surface area contributed by atoms with Gasteiger partial charge in [-0.1, -0.05) is 30.3 Å². The van der Waals surface area contributed by atoms with Crippen LogP contribution in [0.25, 0.3) is 20.7 Å². The van der Waals surface area contributed by atoms with Crippen LogP contribution < -0.4 is 10.0 Å². The summed E-state index contributed by atoms with van der Waals surface area (Å²) < 4.78 is 27.7. The Balaban J connectivity index is 1.39. The van der Waals surface area contributed by atoms with Crippen LogP contribution >= 0.6 is 11.3 Å². The first-order chi connectivity index (χ1) is 16.0. The Labute approximate surface area is 194 Å². The summed E-state index contributed by atoms with van der Waals surface area (Å²) in [7, 11) is -3.81. The van der Waals surface area contributed by atoms with Gasteiger partial charge in [0.15, 0.2) is 0 Å². The molecule has 0 saturated heterocycles. The highest BCUT2D eigenvalue weighted by Crippen LogP contribution is 2.35. The average Bonchev–Trinajstić information content (AvgIpc) is 3.25. The van der Waals surface area contributed by atoms with Crippen molar-refractivity contribution in [1.29, 1.82) is 0 Å². The molecule has 33 heavy (non-hydrogen) atoms. The van der Waals surface area contributed by atoms with Crippen molar-refractivity contribution in [3.05, 3.63) is 84.9 Å². The second-order valence-electron chi connectivity index (χ2n) is 7.19. The Hall–Kier alpha value is -3.89. The minimum absolute atomic E-state index is 0.0345. The third kappa shape index (κ3) is 4.52. The van der Waals surface area contributed by atoms with E-state index >= 15 is 0 Å². The molecule has 3 heterocycles. The van der Waals surface area contributed by atoms with E-state index in [0.29, 0.717) is 17.2 Å². The first-order valence-corrected chi connectivity index (χ1v) is 12.3. The third-order valence-corrected chi connectivity index (χ3v) is 7.27. The van der Waals surface area contributed by atoms with E-state index in [4.69, 9.17) is 0 Å². The molecule has 0 unspecified atom stereocenters. The van der Waals surface area contributed by atoms with Crippen molar-refractivity contribution in [2.75, 3.05) is 10.0 Å². The lowest BCUT2D eigenvalue weighted by Gasteiger charge is -2.09. The van der Waals surface area contributed by atoms with Gasteiger partial charge in [0, 0.05) is 22.5 Å². The molecular weight excluding hydrogens is 456 g/mol. The van der Waals surface area contributed by atoms with E-state index in [2.05, 4.69) is 48.2 Å². The number of aryl methyl sites for hydroxylation is 1. The number of benzene rings is 2. The maximum Gasteiger partial charge on any atom is 0.264 e. The molecule has 0 spiro atoms. The number of hydrogen-bond acceptors (Lipinski definition) is 8. The zero-order chi connectivity index (χ0) is 22.8. The van der Waals surface area contributed by atoms with Crippen molar-refractivity contribution in [1.82, 2.24) is 19.9 Å². The SMILES string of the molecule is Cc1ccnc(NS(=O)(=O)c2ccc(Nc3ncnc4sc(-c5ccccc5)cc34)cc2)n1. The smallest absolute Gasteiger partial charge is 0.264 e. The molecule has 0 fully saturated rings. The van der Waals surface area contributed by atoms with Crippen LogP contribution in [-0.2, 0) is 10.0 Å². The van der Waals surface area contributed by atoms with Gasteiger partial charge in [0.1, 0.15) is 17.0 Å². The van der Waals surface area contributed by atoms with Gasteiger partial charge in [0.25, 0.3) is 10.0 Å². The van der Waals surface area contributed by atoms with Crippen LogP contribution in [0.4, 0.5) is 17.5 Å². The summed E-state index contributed by atoms with van der Waals surface area (Å²) in [5.41, 5.74) is 2.49. The minimum atomic E-state index is -3.81. The standard InChI is InChI=1S/C23H18N6O2S2/c1-15-11-12-24-23(27-15)29-33(30,31)18-9-7-17(8-10-18)28-21-19-13-20(16-5-3-2-4-6-16)32-22(19)26-14-25-21/h2-14H,1H3,(H,24,27,29)(H,25,26,28). The lowest BCUT2D eigenvalue weighted by Crippen LogP contribution is -2.15. The third-order valence-electron chi connectivity index (χ3n) is 4.84. The Morgan fingerprint density at radius 3 is 2.45 bits per heavy atom. The van der Waals surface area contributed by atoms with E-state index in [-0.39, 0.29) is 10.8 Å². The summed E-state index contributed by atoms with van der Waals surface area (Å²) in [5, 5.41) is 4.16. The fourth-order valence-corrected chi connectivity index (χ4v) is 5.19. The number of rotatable bonds is 6. The molecule has 0 atom stereocenters. The highest BCUT2D eigenvalue weighted by molar-refractivity contribution is 7.92. The fraction of sp³-hybridized carbons (Fsp3) is 0.0435. The number of fused-ring (bicyclic) bond motifs is 1. The van der Waals surface area contributed by atoms with Gasteiger partial charge < -0.3 is 5.32 Å². The molecule has 2 aromatic carbocycles. The van der Waals surface area contributed by atoms with Crippen LogP contribution in [0.15, 0.2) is 84.1 Å². The number of nitrogens with one attached hydrogen (secondary N) is 2. The Morgan fingerprint density at radius 2 is 1.70 bits per heavy atom. The highest BCUT2D eigenvalue weighted by atomic mass is 32.2. The molecule has 0 amide bonds. The number of hydrogen-bond donors (Lipinski definition) is 2. The molecule has 3 aromatic heterocycles. The van der Waals surface area contributed by atoms with E-state index in [1.54, 1.807) is 36.5 Å². The molecule has 0 saturated carbocycles. The van der Waals surface area contributed by atoms with Gasteiger partial charge in [-0.3, -0.25) is 0 Å². The van der Waals surface area contributed by atoms with E-state index in [0.717, 1.165) is 20.7 Å². The zero-order valence-electron chi connectivity index (χ0n) is 17.4. The highest BCUT2D eigenvalue weighted by Gasteiger charge is 2.16. The van der Waals surface area contributed by atoms with Crippen molar-refractivity contribution in [2.45, 2.75) is 11.8 Å². The van der Waals surface area contributed by atoms with Gasteiger partial charge in [0.05, 0.1) is 10.3 Å². The van der Waals surface area contributed by atoms with E-state index in [1.165, 1.54) is 24.7 Å². The second kappa shape index (κ2) is 8.57. The largest absolute Gasteiger partial charge is 0.340 e. The molecule has 10 heteroatoms. The van der Waals surface area contributed by atoms with E-state index in [1.807, 2.05) is 18.2 Å². The van der Waals surface area contributed by atoms with Gasteiger partial charge in [-0.15, -0.1) is 11.3 Å². The summed E-state index contributed by atoms with van der Waals surface area (Å²) in [4.78, 5) is 18.9. The first kappa shape index (κ1) is 21.0. The molecule has 8 nitrogen and oxygen atoms in total. The van der Waals surface area contributed by atoms with Crippen LogP contribution in [0, 0.1) is 6.92 Å². The molecule has 5 aromatic rings. The number of nitrogens with zero attached hydrogens (tertiary/aromatic N) is 4. The van der Waals surface area contributed by atoms with Gasteiger partial charge in [0.2, 0.25) is 5.95 Å². The van der Waals surface area contributed by atoms with Crippen LogP contribution in [0.2, 0.25) is 0 Å². The summed E-state index contributed by atoms with van der Waals surface area (Å²) in [6, 6.07) is 20.2. The minimum Gasteiger partial charge on any atom is -0.340 e. The maximum absolute atomic E-state index is 12.7. The second-order valence-corrected chi connectivity index (χ2v) is 9.91. The van der Waals surface area contributed by atoms with Crippen LogP contribution in [-0.4, -0.2) is 28.4 Å². The number of thiophene rings is 1.